The van der Waals surface area contributed by atoms with Gasteiger partial charge in [0.1, 0.15) is 5.94 Å². The molecule has 1 saturated carbocycles. The molecule has 0 aliphatic heterocycles. The van der Waals surface area contributed by atoms with Crippen LogP contribution >= 0.6 is 0 Å². The van der Waals surface area contributed by atoms with Gasteiger partial charge in [0.15, 0.2) is 0 Å². The Bertz CT molecular complexity index is 352. The third-order valence-corrected chi connectivity index (χ3v) is 2.97. The van der Waals surface area contributed by atoms with Crippen LogP contribution in [0.1, 0.15) is 40.0 Å². The van der Waals surface area contributed by atoms with E-state index < -0.39 is 11.9 Å². The molecular formula is C13H21NO4. The van der Waals surface area contributed by atoms with Crippen molar-refractivity contribution in [2.45, 2.75) is 45.6 Å². The Morgan fingerprint density at radius 1 is 1.50 bits per heavy atom. The lowest BCUT2D eigenvalue weighted by Crippen LogP contribution is -2.35. The van der Waals surface area contributed by atoms with Gasteiger partial charge in [-0.15, -0.1) is 0 Å². The molecule has 0 unspecified atom stereocenters. The van der Waals surface area contributed by atoms with Crippen molar-refractivity contribution in [3.63, 3.8) is 0 Å². The zero-order valence-electron chi connectivity index (χ0n) is 11.2. The monoisotopic (exact) mass is 255 g/mol. The molecule has 102 valence electrons. The van der Waals surface area contributed by atoms with E-state index in [1.807, 2.05) is 20.8 Å². The Balaban J connectivity index is 2.44. The zero-order chi connectivity index (χ0) is 13.8. The molecule has 0 aromatic rings. The van der Waals surface area contributed by atoms with Crippen LogP contribution in [0.2, 0.25) is 0 Å². The fourth-order valence-corrected chi connectivity index (χ4v) is 2.07. The highest BCUT2D eigenvalue weighted by molar-refractivity contribution is 5.77. The Kier molecular flexibility index (Phi) is 5.08. The van der Waals surface area contributed by atoms with Crippen LogP contribution in [0.3, 0.4) is 0 Å². The molecule has 0 aromatic carbocycles. The first-order valence-electron chi connectivity index (χ1n) is 6.21. The van der Waals surface area contributed by atoms with Gasteiger partial charge >= 0.3 is 5.97 Å². The quantitative estimate of drug-likeness (QED) is 0.589. The van der Waals surface area contributed by atoms with Crippen LogP contribution in [-0.4, -0.2) is 29.2 Å². The summed E-state index contributed by atoms with van der Waals surface area (Å²) in [6.07, 6.45) is 1.77. The smallest absolute Gasteiger partial charge is 0.311 e. The Labute approximate surface area is 107 Å². The maximum absolute atomic E-state index is 10.9. The predicted molar refractivity (Wildman–Crippen MR) is 66.5 cm³/mol. The molecule has 1 aliphatic rings. The third-order valence-electron chi connectivity index (χ3n) is 2.97. The Morgan fingerprint density at radius 3 is 2.67 bits per heavy atom. The van der Waals surface area contributed by atoms with Gasteiger partial charge in [-0.2, -0.15) is 0 Å². The normalized spacial score (nSPS) is 24.7. The number of nitrogens with one attached hydrogen (secondary N) is 1. The number of rotatable bonds is 4. The first kappa shape index (κ1) is 14.9. The fraction of sp³-hybridized carbons (Fsp3) is 0.769. The van der Waals surface area contributed by atoms with Gasteiger partial charge in [-0.05, 0) is 46.0 Å². The topological polar surface area (TPSA) is 75.6 Å². The van der Waals surface area contributed by atoms with E-state index >= 15 is 0 Å². The van der Waals surface area contributed by atoms with E-state index in [9.17, 15) is 9.59 Å². The van der Waals surface area contributed by atoms with Crippen LogP contribution in [0.4, 0.5) is 0 Å². The van der Waals surface area contributed by atoms with Gasteiger partial charge in [0.05, 0.1) is 11.5 Å². The van der Waals surface area contributed by atoms with E-state index in [0.29, 0.717) is 25.0 Å². The predicted octanol–water partition coefficient (Wildman–Crippen LogP) is 1.56. The van der Waals surface area contributed by atoms with Gasteiger partial charge < -0.3 is 5.11 Å². The van der Waals surface area contributed by atoms with E-state index in [-0.39, 0.29) is 11.5 Å². The molecule has 2 N–H and O–H groups in total. The Hall–Kier alpha value is -1.16. The summed E-state index contributed by atoms with van der Waals surface area (Å²) < 4.78 is 0. The average molecular weight is 255 g/mol. The minimum Gasteiger partial charge on any atom is -0.481 e. The van der Waals surface area contributed by atoms with E-state index in [4.69, 9.17) is 9.94 Å². The summed E-state index contributed by atoms with van der Waals surface area (Å²) in [5.74, 6) is 0.449. The van der Waals surface area contributed by atoms with Crippen LogP contribution in [0.5, 0.6) is 0 Å². The van der Waals surface area contributed by atoms with Gasteiger partial charge in [-0.3, -0.25) is 9.63 Å². The molecule has 0 spiro atoms. The highest BCUT2D eigenvalue weighted by Gasteiger charge is 2.31. The maximum atomic E-state index is 10.9. The van der Waals surface area contributed by atoms with Crippen molar-refractivity contribution < 1.29 is 19.5 Å². The SMILES string of the molecule is CC(C)(C)ONC[C@H]1CC[C@H](C(=O)O)C(=C=O)C1. The molecule has 0 saturated heterocycles. The molecule has 0 aromatic heterocycles. The molecule has 1 fully saturated rings. The highest BCUT2D eigenvalue weighted by atomic mass is 16.7. The second kappa shape index (κ2) is 6.14. The summed E-state index contributed by atoms with van der Waals surface area (Å²) in [5, 5.41) is 8.97. The van der Waals surface area contributed by atoms with E-state index in [1.54, 1.807) is 5.94 Å². The van der Waals surface area contributed by atoms with Crippen LogP contribution < -0.4 is 5.48 Å². The summed E-state index contributed by atoms with van der Waals surface area (Å²) in [6, 6.07) is 0. The molecule has 2 atom stereocenters. The second-order valence-electron chi connectivity index (χ2n) is 5.73. The van der Waals surface area contributed by atoms with Crippen molar-refractivity contribution in [3.8, 4) is 0 Å². The standard InChI is InChI=1S/C13H21NO4/c1-13(2,3)18-14-7-9-4-5-11(12(16)17)10(6-9)8-15/h9,11,14H,4-7H2,1-3H3,(H,16,17)/t9-,11-/m0/s1. The number of hydroxylamine groups is 1. The second-order valence-corrected chi connectivity index (χ2v) is 5.73. The number of carbonyl (C=O) groups is 1. The van der Waals surface area contributed by atoms with Gasteiger partial charge in [-0.1, -0.05) is 0 Å². The summed E-state index contributed by atoms with van der Waals surface area (Å²) >= 11 is 0. The van der Waals surface area contributed by atoms with Crippen LogP contribution in [0.15, 0.2) is 5.57 Å². The first-order chi connectivity index (χ1) is 8.33. The lowest BCUT2D eigenvalue weighted by molar-refractivity contribution is -0.141. The number of hydrogen-bond acceptors (Lipinski definition) is 4. The molecule has 0 amide bonds. The Morgan fingerprint density at radius 2 is 2.17 bits per heavy atom. The van der Waals surface area contributed by atoms with Crippen molar-refractivity contribution in [2.75, 3.05) is 6.54 Å². The maximum Gasteiger partial charge on any atom is 0.311 e. The highest BCUT2D eigenvalue weighted by Crippen LogP contribution is 2.31. The molecule has 1 rings (SSSR count). The van der Waals surface area contributed by atoms with Crippen molar-refractivity contribution in [3.05, 3.63) is 5.57 Å². The van der Waals surface area contributed by atoms with Gasteiger partial charge in [0.25, 0.3) is 0 Å². The van der Waals surface area contributed by atoms with Crippen molar-refractivity contribution in [1.82, 2.24) is 5.48 Å². The van der Waals surface area contributed by atoms with Crippen LogP contribution in [0, 0.1) is 11.8 Å². The molecule has 1 aliphatic carbocycles. The molecule has 0 heterocycles. The number of carboxylic acids is 1. The van der Waals surface area contributed by atoms with E-state index in [1.165, 1.54) is 0 Å². The third kappa shape index (κ3) is 4.61. The summed E-state index contributed by atoms with van der Waals surface area (Å²) in [5.41, 5.74) is 3.00. The molecule has 0 radical (unpaired) electrons. The largest absolute Gasteiger partial charge is 0.481 e. The van der Waals surface area contributed by atoms with E-state index in [2.05, 4.69) is 5.48 Å². The molecule has 0 bridgehead atoms. The number of hydrogen-bond donors (Lipinski definition) is 2. The number of carboxylic acid groups (broad SMARTS) is 1. The molecule has 5 nitrogen and oxygen atoms in total. The van der Waals surface area contributed by atoms with E-state index in [0.717, 1.165) is 6.42 Å². The van der Waals surface area contributed by atoms with Gasteiger partial charge in [0, 0.05) is 12.1 Å². The summed E-state index contributed by atoms with van der Waals surface area (Å²) in [4.78, 5) is 27.1. The molecule has 5 heteroatoms. The van der Waals surface area contributed by atoms with Crippen molar-refractivity contribution in [2.24, 2.45) is 11.8 Å². The number of carbonyl (C=O) groups excluding carboxylic acids is 1. The average Bonchev–Trinajstić information content (AvgIpc) is 2.26. The summed E-state index contributed by atoms with van der Waals surface area (Å²) in [6.45, 7) is 6.45. The zero-order valence-corrected chi connectivity index (χ0v) is 11.2. The summed E-state index contributed by atoms with van der Waals surface area (Å²) in [7, 11) is 0. The van der Waals surface area contributed by atoms with Crippen molar-refractivity contribution >= 4 is 11.9 Å². The molecular weight excluding hydrogens is 234 g/mol. The first-order valence-corrected chi connectivity index (χ1v) is 6.21. The van der Waals surface area contributed by atoms with Crippen LogP contribution in [-0.2, 0) is 14.4 Å². The number of aliphatic carboxylic acids is 1. The minimum atomic E-state index is -0.925. The minimum absolute atomic E-state index is 0.236. The van der Waals surface area contributed by atoms with Crippen molar-refractivity contribution in [1.29, 1.82) is 0 Å². The fourth-order valence-electron chi connectivity index (χ4n) is 2.07. The lowest BCUT2D eigenvalue weighted by atomic mass is 9.79. The van der Waals surface area contributed by atoms with Gasteiger partial charge in [0.2, 0.25) is 0 Å². The van der Waals surface area contributed by atoms with Crippen LogP contribution in [0.25, 0.3) is 0 Å². The van der Waals surface area contributed by atoms with Gasteiger partial charge in [-0.25, -0.2) is 10.3 Å². The molecule has 18 heavy (non-hydrogen) atoms. The lowest BCUT2D eigenvalue weighted by Gasteiger charge is -2.28.